The predicted octanol–water partition coefficient (Wildman–Crippen LogP) is -4.46. The molecular weight excluding hydrogens is 184 g/mol. The third kappa shape index (κ3) is 1.79. The number of aliphatic carboxylic acids is 1. The van der Waals surface area contributed by atoms with Gasteiger partial charge in [-0.3, -0.25) is 0 Å². The molecule has 0 aromatic heterocycles. The first-order valence-corrected chi connectivity index (χ1v) is 3.53. The van der Waals surface area contributed by atoms with Gasteiger partial charge in [0.1, 0.15) is 24.4 Å². The summed E-state index contributed by atoms with van der Waals surface area (Å²) in [5, 5.41) is 46.1. The zero-order valence-corrected chi connectivity index (χ0v) is 6.40. The minimum Gasteiger partial charge on any atom is -0.547 e. The van der Waals surface area contributed by atoms with Crippen LogP contribution in [-0.2, 0) is 9.53 Å². The van der Waals surface area contributed by atoms with Gasteiger partial charge in [0, 0.05) is 0 Å². The number of carboxylic acid groups (broad SMARTS) is 1. The molecule has 7 nitrogen and oxygen atoms in total. The second-order valence-electron chi connectivity index (χ2n) is 2.74. The first-order valence-electron chi connectivity index (χ1n) is 3.53. The fourth-order valence-corrected chi connectivity index (χ4v) is 1.06. The van der Waals surface area contributed by atoms with Crippen molar-refractivity contribution in [3.8, 4) is 0 Å². The second-order valence-corrected chi connectivity index (χ2v) is 2.74. The molecule has 1 heterocycles. The Balaban J connectivity index is 2.76. The van der Waals surface area contributed by atoms with Gasteiger partial charge in [-0.05, 0) is 0 Å². The maximum absolute atomic E-state index is 10.3. The number of carbonyl (C=O) groups is 1. The Kier molecular flexibility index (Phi) is 2.84. The summed E-state index contributed by atoms with van der Waals surface area (Å²) in [5.74, 6) is -1.77. The van der Waals surface area contributed by atoms with Gasteiger partial charge in [0.05, 0.1) is 5.97 Å². The quantitative estimate of drug-likeness (QED) is 0.330. The van der Waals surface area contributed by atoms with Crippen molar-refractivity contribution in [2.24, 2.45) is 0 Å². The molecule has 0 aromatic carbocycles. The van der Waals surface area contributed by atoms with Crippen molar-refractivity contribution in [2.45, 2.75) is 30.7 Å². The van der Waals surface area contributed by atoms with E-state index in [1.54, 1.807) is 0 Å². The van der Waals surface area contributed by atoms with Crippen molar-refractivity contribution in [1.29, 1.82) is 0 Å². The van der Waals surface area contributed by atoms with Crippen molar-refractivity contribution in [2.75, 3.05) is 0 Å². The topological polar surface area (TPSA) is 130 Å². The summed E-state index contributed by atoms with van der Waals surface area (Å²) >= 11 is 0. The molecule has 0 bridgehead atoms. The van der Waals surface area contributed by atoms with E-state index in [1.807, 2.05) is 0 Å². The van der Waals surface area contributed by atoms with E-state index < -0.39 is 36.7 Å². The summed E-state index contributed by atoms with van der Waals surface area (Å²) in [7, 11) is 0. The zero-order chi connectivity index (χ0) is 10.2. The molecule has 4 N–H and O–H groups in total. The van der Waals surface area contributed by atoms with Gasteiger partial charge in [0.15, 0.2) is 6.29 Å². The molecule has 1 aliphatic rings. The van der Waals surface area contributed by atoms with Crippen LogP contribution in [-0.4, -0.2) is 57.1 Å². The Morgan fingerprint density at radius 2 is 1.62 bits per heavy atom. The number of aliphatic hydroxyl groups excluding tert-OH is 4. The third-order valence-electron chi connectivity index (χ3n) is 1.82. The molecule has 3 unspecified atom stereocenters. The summed E-state index contributed by atoms with van der Waals surface area (Å²) in [5.41, 5.74) is 0. The van der Waals surface area contributed by atoms with Crippen LogP contribution in [0.2, 0.25) is 0 Å². The SMILES string of the molecule is O=C([O-])C1OC(O)[C@H](O)C(O)[C@H]1O. The lowest BCUT2D eigenvalue weighted by molar-refractivity contribution is -0.345. The van der Waals surface area contributed by atoms with E-state index in [9.17, 15) is 9.90 Å². The van der Waals surface area contributed by atoms with E-state index in [2.05, 4.69) is 4.74 Å². The third-order valence-corrected chi connectivity index (χ3v) is 1.82. The maximum atomic E-state index is 10.3. The van der Waals surface area contributed by atoms with E-state index in [0.717, 1.165) is 0 Å². The lowest BCUT2D eigenvalue weighted by Gasteiger charge is -2.38. The first-order chi connectivity index (χ1) is 5.95. The van der Waals surface area contributed by atoms with Crippen LogP contribution >= 0.6 is 0 Å². The molecule has 0 spiro atoms. The minimum absolute atomic E-state index is 1.73. The number of aliphatic hydroxyl groups is 4. The molecule has 13 heavy (non-hydrogen) atoms. The standard InChI is InChI=1S/C6H10O7/c7-1-2(8)4(5(10)11)13-6(12)3(1)9/h1-4,6-9,12H,(H,10,11)/p-1/t1?,2-,3-,4?,6?/m1/s1. The molecule has 5 atom stereocenters. The fourth-order valence-electron chi connectivity index (χ4n) is 1.06. The molecule has 1 fully saturated rings. The molecule has 1 aliphatic heterocycles. The lowest BCUT2D eigenvalue weighted by Crippen LogP contribution is -2.62. The van der Waals surface area contributed by atoms with Gasteiger partial charge in [-0.2, -0.15) is 0 Å². The molecular formula is C6H9O7-. The molecule has 1 rings (SSSR count). The maximum Gasteiger partial charge on any atom is 0.184 e. The van der Waals surface area contributed by atoms with Crippen molar-refractivity contribution in [3.05, 3.63) is 0 Å². The molecule has 76 valence electrons. The van der Waals surface area contributed by atoms with Gasteiger partial charge in [0.2, 0.25) is 0 Å². The van der Waals surface area contributed by atoms with Crippen LogP contribution in [0.5, 0.6) is 0 Å². The number of carboxylic acids is 1. The Bertz CT molecular complexity index is 205. The number of hydrogen-bond acceptors (Lipinski definition) is 7. The van der Waals surface area contributed by atoms with Gasteiger partial charge >= 0.3 is 0 Å². The van der Waals surface area contributed by atoms with E-state index >= 15 is 0 Å². The smallest absolute Gasteiger partial charge is 0.184 e. The Morgan fingerprint density at radius 1 is 1.08 bits per heavy atom. The summed E-state index contributed by atoms with van der Waals surface area (Å²) < 4.78 is 4.28. The average Bonchev–Trinajstić information content (AvgIpc) is 2.07. The van der Waals surface area contributed by atoms with Crippen LogP contribution in [0, 0.1) is 0 Å². The van der Waals surface area contributed by atoms with Crippen LogP contribution in [0.1, 0.15) is 0 Å². The molecule has 0 aromatic rings. The minimum atomic E-state index is -1.85. The number of hydrogen-bond donors (Lipinski definition) is 4. The molecule has 0 aliphatic carbocycles. The van der Waals surface area contributed by atoms with Gasteiger partial charge in [-0.1, -0.05) is 0 Å². The van der Waals surface area contributed by atoms with Crippen molar-refractivity contribution in [1.82, 2.24) is 0 Å². The first kappa shape index (κ1) is 10.4. The highest BCUT2D eigenvalue weighted by Gasteiger charge is 2.43. The molecule has 0 saturated carbocycles. The number of ether oxygens (including phenoxy) is 1. The summed E-state index contributed by atoms with van der Waals surface area (Å²) in [4.78, 5) is 10.3. The summed E-state index contributed by atoms with van der Waals surface area (Å²) in [6.07, 6.45) is -9.00. The number of carbonyl (C=O) groups excluding carboxylic acids is 1. The van der Waals surface area contributed by atoms with Crippen molar-refractivity contribution in [3.63, 3.8) is 0 Å². The van der Waals surface area contributed by atoms with Gasteiger partial charge in [0.25, 0.3) is 0 Å². The monoisotopic (exact) mass is 193 g/mol. The second kappa shape index (κ2) is 3.56. The van der Waals surface area contributed by atoms with E-state index in [4.69, 9.17) is 20.4 Å². The van der Waals surface area contributed by atoms with Crippen molar-refractivity contribution >= 4 is 5.97 Å². The van der Waals surface area contributed by atoms with Crippen LogP contribution in [0.25, 0.3) is 0 Å². The number of rotatable bonds is 1. The fraction of sp³-hybridized carbons (Fsp3) is 0.833. The largest absolute Gasteiger partial charge is 0.547 e. The van der Waals surface area contributed by atoms with Gasteiger partial charge in [-0.25, -0.2) is 0 Å². The zero-order valence-electron chi connectivity index (χ0n) is 6.40. The molecule has 7 heteroatoms. The van der Waals surface area contributed by atoms with Crippen LogP contribution < -0.4 is 5.11 Å². The highest BCUT2D eigenvalue weighted by molar-refractivity contribution is 5.71. The lowest BCUT2D eigenvalue weighted by atomic mass is 9.99. The molecule has 1 saturated heterocycles. The predicted molar refractivity (Wildman–Crippen MR) is 33.9 cm³/mol. The highest BCUT2D eigenvalue weighted by Crippen LogP contribution is 2.19. The van der Waals surface area contributed by atoms with E-state index in [-0.39, 0.29) is 0 Å². The van der Waals surface area contributed by atoms with Gasteiger partial charge < -0.3 is 35.1 Å². The van der Waals surface area contributed by atoms with Crippen LogP contribution in [0.4, 0.5) is 0 Å². The highest BCUT2D eigenvalue weighted by atomic mass is 16.6. The average molecular weight is 193 g/mol. The van der Waals surface area contributed by atoms with E-state index in [0.29, 0.717) is 0 Å². The normalized spacial score (nSPS) is 46.0. The summed E-state index contributed by atoms with van der Waals surface area (Å²) in [6, 6.07) is 0. The van der Waals surface area contributed by atoms with Gasteiger partial charge in [-0.15, -0.1) is 0 Å². The molecule has 0 radical (unpaired) electrons. The Hall–Kier alpha value is -0.730. The molecule has 0 amide bonds. The summed E-state index contributed by atoms with van der Waals surface area (Å²) in [6.45, 7) is 0. The van der Waals surface area contributed by atoms with Crippen LogP contribution in [0.15, 0.2) is 0 Å². The van der Waals surface area contributed by atoms with Crippen LogP contribution in [0.3, 0.4) is 0 Å². The van der Waals surface area contributed by atoms with E-state index in [1.165, 1.54) is 0 Å². The Labute approximate surface area is 72.8 Å². The van der Waals surface area contributed by atoms with Crippen molar-refractivity contribution < 1.29 is 35.1 Å². The Morgan fingerprint density at radius 3 is 2.08 bits per heavy atom.